The van der Waals surface area contributed by atoms with Crippen molar-refractivity contribution in [2.45, 2.75) is 80.6 Å². The standard InChI is InChI=1S/C27H35N3O2.C25H33N3O.C4H6O3.CH4/c1-3-26(32)30(25-12-8-5-9-13-25)21-27-19-28(16-14-23-10-6-4-7-11-23)17-15-24(27)18-29(20-27)22(2)31;1-2-24(29)28(23-11-7-4-8-12-23)20-25-18-26-17-22(25)14-16-27(19-25)15-13-21-9-5-3-6-10-21;1-3(5)7-4(2)6;/h4-13,24H,3,14-21H2,1-2H3;3-12,22,26H,2,13-20H2,1H3;1-2H3;1H4. The molecule has 4 unspecified atom stereocenters. The molecule has 12 heteroatoms. The SMILES string of the molecule is C.CC(=O)OC(C)=O.CCC(=O)N(CC12CN(CCc3ccccc3)CCC1CN(C(C)=O)C2)c1ccccc1.CCC(=O)N(CC12CNCC1CCN(CCc1ccccc1)C2)c1ccccc1. The molecule has 4 fully saturated rings. The van der Waals surface area contributed by atoms with Gasteiger partial charge in [0.1, 0.15) is 0 Å². The van der Waals surface area contributed by atoms with E-state index < -0.39 is 11.9 Å². The van der Waals surface area contributed by atoms with E-state index >= 15 is 0 Å². The first-order valence-corrected chi connectivity index (χ1v) is 24.7. The number of likely N-dealkylation sites (tertiary alicyclic amines) is 3. The maximum Gasteiger partial charge on any atom is 0.310 e. The number of anilines is 2. The summed E-state index contributed by atoms with van der Waals surface area (Å²) in [5.74, 6) is 0.453. The van der Waals surface area contributed by atoms with Crippen molar-refractivity contribution in [3.05, 3.63) is 132 Å². The van der Waals surface area contributed by atoms with Crippen molar-refractivity contribution < 1.29 is 28.7 Å². The van der Waals surface area contributed by atoms with Crippen molar-refractivity contribution in [1.29, 1.82) is 0 Å². The fraction of sp³-hybridized carbons (Fsp3) is 0.491. The van der Waals surface area contributed by atoms with E-state index in [0.29, 0.717) is 31.2 Å². The van der Waals surface area contributed by atoms with Crippen LogP contribution in [0.4, 0.5) is 11.4 Å². The number of esters is 2. The summed E-state index contributed by atoms with van der Waals surface area (Å²) in [4.78, 5) is 69.0. The van der Waals surface area contributed by atoms with Gasteiger partial charge >= 0.3 is 11.9 Å². The molecule has 4 aromatic rings. The lowest BCUT2D eigenvalue weighted by atomic mass is 9.72. The number of para-hydroxylation sites is 2. The van der Waals surface area contributed by atoms with E-state index in [0.717, 1.165) is 103 Å². The van der Waals surface area contributed by atoms with Crippen molar-refractivity contribution in [2.75, 3.05) is 88.3 Å². The molecule has 3 amide bonds. The fourth-order valence-electron chi connectivity index (χ4n) is 10.8. The van der Waals surface area contributed by atoms with Crippen LogP contribution in [0.3, 0.4) is 0 Å². The van der Waals surface area contributed by atoms with E-state index in [2.05, 4.69) is 92.6 Å². The number of hydrogen-bond donors (Lipinski definition) is 1. The second-order valence-electron chi connectivity index (χ2n) is 19.2. The molecule has 4 saturated heterocycles. The van der Waals surface area contributed by atoms with Crippen LogP contribution in [0.25, 0.3) is 0 Å². The van der Waals surface area contributed by atoms with Gasteiger partial charge in [0, 0.05) is 115 Å². The zero-order valence-corrected chi connectivity index (χ0v) is 41.1. The number of ether oxygens (including phenoxy) is 1. The number of fused-ring (bicyclic) bond motifs is 2. The molecule has 4 aliphatic rings. The molecule has 12 nitrogen and oxygen atoms in total. The summed E-state index contributed by atoms with van der Waals surface area (Å²) in [6.45, 7) is 19.3. The minimum Gasteiger partial charge on any atom is -0.394 e. The lowest BCUT2D eigenvalue weighted by molar-refractivity contribution is -0.156. The van der Waals surface area contributed by atoms with Crippen LogP contribution in [0.2, 0.25) is 0 Å². The smallest absolute Gasteiger partial charge is 0.310 e. The van der Waals surface area contributed by atoms with E-state index in [1.165, 1.54) is 31.4 Å². The lowest BCUT2D eigenvalue weighted by Crippen LogP contribution is -2.55. The minimum atomic E-state index is -0.562. The van der Waals surface area contributed by atoms with Gasteiger partial charge in [-0.25, -0.2) is 0 Å². The molecule has 4 atom stereocenters. The van der Waals surface area contributed by atoms with E-state index in [1.807, 2.05) is 77.1 Å². The summed E-state index contributed by atoms with van der Waals surface area (Å²) < 4.78 is 3.97. The minimum absolute atomic E-state index is 0. The van der Waals surface area contributed by atoms with Crippen LogP contribution in [0.5, 0.6) is 0 Å². The van der Waals surface area contributed by atoms with Gasteiger partial charge in [-0.1, -0.05) is 118 Å². The van der Waals surface area contributed by atoms with Crippen molar-refractivity contribution in [1.82, 2.24) is 20.0 Å². The third-order valence-electron chi connectivity index (χ3n) is 14.4. The Kier molecular flexibility index (Phi) is 20.7. The Hall–Kier alpha value is -5.69. The van der Waals surface area contributed by atoms with E-state index in [4.69, 9.17) is 0 Å². The molecule has 4 aromatic carbocycles. The number of nitrogens with zero attached hydrogens (tertiary/aromatic N) is 5. The van der Waals surface area contributed by atoms with Crippen molar-refractivity contribution in [3.8, 4) is 0 Å². The summed E-state index contributed by atoms with van der Waals surface area (Å²) >= 11 is 0. The quantitative estimate of drug-likeness (QED) is 0.0986. The number of piperidine rings is 2. The molecule has 0 saturated carbocycles. The zero-order valence-electron chi connectivity index (χ0n) is 41.1. The Morgan fingerprint density at radius 1 is 0.594 bits per heavy atom. The maximum atomic E-state index is 13.0. The van der Waals surface area contributed by atoms with Gasteiger partial charge in [0.05, 0.1) is 0 Å². The molecule has 4 heterocycles. The molecule has 0 bridgehead atoms. The van der Waals surface area contributed by atoms with Crippen molar-refractivity contribution in [3.63, 3.8) is 0 Å². The van der Waals surface area contributed by atoms with Crippen LogP contribution in [-0.2, 0) is 41.6 Å². The number of nitrogens with one attached hydrogen (secondary N) is 1. The van der Waals surface area contributed by atoms with Crippen molar-refractivity contribution in [2.24, 2.45) is 22.7 Å². The maximum absolute atomic E-state index is 13.0. The zero-order chi connectivity index (χ0) is 48.5. The summed E-state index contributed by atoms with van der Waals surface area (Å²) in [5, 5.41) is 3.65. The van der Waals surface area contributed by atoms with E-state index in [1.54, 1.807) is 6.92 Å². The first-order valence-electron chi connectivity index (χ1n) is 24.7. The fourth-order valence-corrected chi connectivity index (χ4v) is 10.8. The van der Waals surface area contributed by atoms with Gasteiger partial charge in [0.25, 0.3) is 0 Å². The molecule has 8 rings (SSSR count). The number of carbonyl (C=O) groups is 5. The van der Waals surface area contributed by atoms with Crippen LogP contribution >= 0.6 is 0 Å². The largest absolute Gasteiger partial charge is 0.394 e. The highest BCUT2D eigenvalue weighted by molar-refractivity contribution is 5.94. The van der Waals surface area contributed by atoms with Crippen LogP contribution in [-0.4, -0.2) is 123 Å². The van der Waals surface area contributed by atoms with Crippen LogP contribution in [0.1, 0.15) is 78.9 Å². The first kappa shape index (κ1) is 54.3. The highest BCUT2D eigenvalue weighted by Gasteiger charge is 2.52. The molecular formula is C57H78N6O6. The molecule has 0 radical (unpaired) electrons. The summed E-state index contributed by atoms with van der Waals surface area (Å²) in [5.41, 5.74) is 4.78. The number of amides is 3. The third kappa shape index (κ3) is 15.1. The topological polar surface area (TPSA) is 123 Å². The average molecular weight is 943 g/mol. The number of carbonyl (C=O) groups excluding carboxylic acids is 5. The number of benzene rings is 4. The number of rotatable bonds is 14. The van der Waals surface area contributed by atoms with Gasteiger partial charge in [-0.15, -0.1) is 0 Å². The third-order valence-corrected chi connectivity index (χ3v) is 14.4. The number of hydrogen-bond acceptors (Lipinski definition) is 9. The Labute approximate surface area is 412 Å². The molecule has 4 aliphatic heterocycles. The van der Waals surface area contributed by atoms with E-state index in [9.17, 15) is 24.0 Å². The molecule has 0 spiro atoms. The molecule has 69 heavy (non-hydrogen) atoms. The molecule has 372 valence electrons. The Balaban J connectivity index is 0.000000224. The molecular weight excluding hydrogens is 865 g/mol. The Bertz CT molecular complexity index is 2220. The van der Waals surface area contributed by atoms with Crippen LogP contribution < -0.4 is 15.1 Å². The van der Waals surface area contributed by atoms with Crippen LogP contribution in [0, 0.1) is 22.7 Å². The molecule has 0 aromatic heterocycles. The summed E-state index contributed by atoms with van der Waals surface area (Å²) in [6, 6.07) is 41.6. The average Bonchev–Trinajstić information content (AvgIpc) is 3.96. The van der Waals surface area contributed by atoms with Crippen LogP contribution in [0.15, 0.2) is 121 Å². The highest BCUT2D eigenvalue weighted by atomic mass is 16.6. The van der Waals surface area contributed by atoms with Gasteiger partial charge in [-0.2, -0.15) is 0 Å². The van der Waals surface area contributed by atoms with Gasteiger partial charge in [-0.3, -0.25) is 24.0 Å². The predicted molar refractivity (Wildman–Crippen MR) is 277 cm³/mol. The van der Waals surface area contributed by atoms with Crippen molar-refractivity contribution >= 4 is 41.0 Å². The Morgan fingerprint density at radius 2 is 1.01 bits per heavy atom. The highest BCUT2D eigenvalue weighted by Crippen LogP contribution is 2.44. The van der Waals surface area contributed by atoms with E-state index in [-0.39, 0.29) is 36.0 Å². The molecule has 0 aliphatic carbocycles. The Morgan fingerprint density at radius 3 is 1.43 bits per heavy atom. The predicted octanol–water partition coefficient (Wildman–Crippen LogP) is 8.16. The summed E-state index contributed by atoms with van der Waals surface area (Å²) in [7, 11) is 0. The second kappa shape index (κ2) is 26.3. The first-order chi connectivity index (χ1) is 32.8. The summed E-state index contributed by atoms with van der Waals surface area (Å²) in [6.07, 6.45) is 5.41. The van der Waals surface area contributed by atoms with Gasteiger partial charge < -0.3 is 34.6 Å². The van der Waals surface area contributed by atoms with Gasteiger partial charge in [-0.05, 0) is 92.5 Å². The van der Waals surface area contributed by atoms with Gasteiger partial charge in [0.2, 0.25) is 17.7 Å². The molecule has 1 N–H and O–H groups in total. The van der Waals surface area contributed by atoms with Gasteiger partial charge in [0.15, 0.2) is 0 Å². The normalized spacial score (nSPS) is 21.7. The lowest BCUT2D eigenvalue weighted by Gasteiger charge is -2.46. The monoisotopic (exact) mass is 943 g/mol. The second-order valence-corrected chi connectivity index (χ2v) is 19.2.